The molecule has 6 nitrogen and oxygen atoms in total. The van der Waals surface area contributed by atoms with Crippen molar-refractivity contribution in [2.45, 2.75) is 6.92 Å². The molecular weight excluding hydrogens is 282 g/mol. The zero-order valence-electron chi connectivity index (χ0n) is 12.0. The molecular formula is C14H11FLiN4O2. The molecule has 22 heavy (non-hydrogen) atoms. The molecule has 0 aliphatic carbocycles. The Kier molecular flexibility index (Phi) is 4.22. The molecule has 0 saturated heterocycles. The number of rotatable bonds is 2. The molecule has 0 aliphatic rings. The fourth-order valence-corrected chi connectivity index (χ4v) is 2.22. The first kappa shape index (κ1) is 16.0. The Labute approximate surface area is 137 Å². The van der Waals surface area contributed by atoms with E-state index in [9.17, 15) is 9.18 Å². The van der Waals surface area contributed by atoms with Crippen molar-refractivity contribution in [1.29, 1.82) is 0 Å². The van der Waals surface area contributed by atoms with Crippen LogP contribution in [-0.2, 0) is 0 Å². The van der Waals surface area contributed by atoms with Crippen LogP contribution in [0, 0.1) is 12.7 Å². The normalized spacial score (nSPS) is 10.5. The van der Waals surface area contributed by atoms with Crippen molar-refractivity contribution in [2.24, 2.45) is 0 Å². The van der Waals surface area contributed by atoms with Gasteiger partial charge in [0.15, 0.2) is 5.65 Å². The van der Waals surface area contributed by atoms with E-state index in [-0.39, 0.29) is 35.9 Å². The van der Waals surface area contributed by atoms with Crippen molar-refractivity contribution >= 4 is 36.4 Å². The van der Waals surface area contributed by atoms with Gasteiger partial charge < -0.3 is 10.8 Å². The Bertz CT molecular complexity index is 879. The minimum atomic E-state index is -1.29. The number of aryl methyl sites for hydroxylation is 1. The Morgan fingerprint density at radius 3 is 2.77 bits per heavy atom. The molecule has 0 aliphatic heterocycles. The molecule has 0 spiro atoms. The van der Waals surface area contributed by atoms with E-state index in [1.807, 2.05) is 0 Å². The fraction of sp³-hybridized carbons (Fsp3) is 0.0714. The van der Waals surface area contributed by atoms with E-state index in [0.717, 1.165) is 0 Å². The van der Waals surface area contributed by atoms with Crippen LogP contribution in [0.15, 0.2) is 30.5 Å². The molecule has 0 unspecified atom stereocenters. The zero-order valence-corrected chi connectivity index (χ0v) is 12.0. The summed E-state index contributed by atoms with van der Waals surface area (Å²) in [4.78, 5) is 15.2. The van der Waals surface area contributed by atoms with Gasteiger partial charge in [-0.25, -0.2) is 13.7 Å². The summed E-state index contributed by atoms with van der Waals surface area (Å²) in [5.74, 6) is -1.94. The van der Waals surface area contributed by atoms with Crippen LogP contribution in [0.25, 0.3) is 16.8 Å². The Hall–Kier alpha value is -2.36. The van der Waals surface area contributed by atoms with Crippen molar-refractivity contribution < 1.29 is 14.3 Å². The van der Waals surface area contributed by atoms with Crippen molar-refractivity contribution in [2.75, 3.05) is 5.73 Å². The molecule has 0 atom stereocenters. The minimum absolute atomic E-state index is 0. The van der Waals surface area contributed by atoms with Crippen LogP contribution >= 0.6 is 0 Å². The summed E-state index contributed by atoms with van der Waals surface area (Å²) < 4.78 is 15.9. The number of halogens is 1. The van der Waals surface area contributed by atoms with Gasteiger partial charge in [-0.1, -0.05) is 12.1 Å². The first-order valence-electron chi connectivity index (χ1n) is 6.12. The van der Waals surface area contributed by atoms with E-state index in [0.29, 0.717) is 16.8 Å². The molecule has 2 heterocycles. The van der Waals surface area contributed by atoms with Gasteiger partial charge in [-0.05, 0) is 30.2 Å². The number of pyridine rings is 1. The van der Waals surface area contributed by atoms with Crippen LogP contribution in [0.5, 0.6) is 0 Å². The predicted molar refractivity (Wildman–Crippen MR) is 80.2 cm³/mol. The van der Waals surface area contributed by atoms with Crippen LogP contribution in [0.4, 0.5) is 10.3 Å². The number of carbonyl (C=O) groups is 1. The SMILES string of the molecule is Cc1ccc(-c2ccn3nc(N)nc3c2)c(F)c1C(=O)O.[Li]. The summed E-state index contributed by atoms with van der Waals surface area (Å²) in [6.45, 7) is 1.55. The summed E-state index contributed by atoms with van der Waals surface area (Å²) in [5.41, 5.74) is 6.71. The number of anilines is 1. The number of hydrogen-bond acceptors (Lipinski definition) is 4. The fourth-order valence-electron chi connectivity index (χ4n) is 2.22. The number of aromatic carboxylic acids is 1. The number of nitrogens with two attached hydrogens (primary N) is 1. The molecule has 2 aromatic heterocycles. The number of aromatic nitrogens is 3. The van der Waals surface area contributed by atoms with Crippen LogP contribution < -0.4 is 5.73 Å². The molecule has 1 radical (unpaired) electrons. The molecule has 0 amide bonds. The van der Waals surface area contributed by atoms with Crippen molar-refractivity contribution in [3.05, 3.63) is 47.4 Å². The molecule has 3 rings (SSSR count). The third-order valence-electron chi connectivity index (χ3n) is 3.23. The molecule has 0 saturated carbocycles. The molecule has 0 fully saturated rings. The number of hydrogen-bond donors (Lipinski definition) is 2. The van der Waals surface area contributed by atoms with Crippen molar-refractivity contribution in [3.63, 3.8) is 0 Å². The van der Waals surface area contributed by atoms with Crippen molar-refractivity contribution in [3.8, 4) is 11.1 Å². The Morgan fingerprint density at radius 2 is 2.09 bits per heavy atom. The first-order valence-corrected chi connectivity index (χ1v) is 6.12. The summed E-state index contributed by atoms with van der Waals surface area (Å²) in [6.07, 6.45) is 1.59. The number of nitrogens with zero attached hydrogens (tertiary/aromatic N) is 3. The number of nitrogen functional groups attached to an aromatic ring is 1. The second kappa shape index (κ2) is 5.79. The van der Waals surface area contributed by atoms with Gasteiger partial charge >= 0.3 is 5.97 Å². The van der Waals surface area contributed by atoms with Crippen LogP contribution in [0.3, 0.4) is 0 Å². The molecule has 107 valence electrons. The summed E-state index contributed by atoms with van der Waals surface area (Å²) in [6, 6.07) is 6.34. The maximum atomic E-state index is 14.4. The van der Waals surface area contributed by atoms with Crippen LogP contribution in [0.2, 0.25) is 0 Å². The summed E-state index contributed by atoms with van der Waals surface area (Å²) in [5, 5.41) is 13.0. The predicted octanol–water partition coefficient (Wildman–Crippen LogP) is 1.74. The van der Waals surface area contributed by atoms with Crippen LogP contribution in [-0.4, -0.2) is 44.5 Å². The summed E-state index contributed by atoms with van der Waals surface area (Å²) in [7, 11) is 0. The smallest absolute Gasteiger partial charge is 0.338 e. The van der Waals surface area contributed by atoms with Gasteiger partial charge in [0.1, 0.15) is 5.82 Å². The summed E-state index contributed by atoms with van der Waals surface area (Å²) >= 11 is 0. The molecule has 8 heteroatoms. The maximum Gasteiger partial charge on any atom is 0.338 e. The first-order chi connectivity index (χ1) is 9.97. The number of fused-ring (bicyclic) bond motifs is 1. The van der Waals surface area contributed by atoms with Gasteiger partial charge in [-0.2, -0.15) is 4.98 Å². The topological polar surface area (TPSA) is 93.5 Å². The molecule has 3 N–H and O–H groups in total. The average molecular weight is 293 g/mol. The molecule has 3 aromatic rings. The van der Waals surface area contributed by atoms with E-state index in [1.165, 1.54) is 4.52 Å². The second-order valence-electron chi connectivity index (χ2n) is 4.61. The van der Waals surface area contributed by atoms with E-state index in [4.69, 9.17) is 10.8 Å². The van der Waals surface area contributed by atoms with E-state index in [2.05, 4.69) is 10.1 Å². The maximum absolute atomic E-state index is 14.4. The monoisotopic (exact) mass is 293 g/mol. The Balaban J connectivity index is 0.00000176. The van der Waals surface area contributed by atoms with E-state index in [1.54, 1.807) is 37.4 Å². The zero-order chi connectivity index (χ0) is 15.1. The van der Waals surface area contributed by atoms with Gasteiger partial charge in [0.25, 0.3) is 0 Å². The third kappa shape index (κ3) is 2.56. The Morgan fingerprint density at radius 1 is 1.36 bits per heavy atom. The second-order valence-corrected chi connectivity index (χ2v) is 4.61. The van der Waals surface area contributed by atoms with Gasteiger partial charge in [-0.3, -0.25) is 0 Å². The molecule has 1 aromatic carbocycles. The number of carboxylic acids is 1. The number of carboxylic acid groups (broad SMARTS) is 1. The standard InChI is InChI=1S/C14H11FN4O2.Li/c1-7-2-3-9(12(15)11(7)13(20)21)8-4-5-19-10(6-8)17-14(16)18-19;/h2-6H,1H3,(H2,16,18)(H,20,21);. The quantitative estimate of drug-likeness (QED) is 0.702. The average Bonchev–Trinajstić information content (AvgIpc) is 2.77. The van der Waals surface area contributed by atoms with Gasteiger partial charge in [0.2, 0.25) is 5.95 Å². The van der Waals surface area contributed by atoms with Crippen LogP contribution in [0.1, 0.15) is 15.9 Å². The molecule has 0 bridgehead atoms. The van der Waals surface area contributed by atoms with Gasteiger partial charge in [0, 0.05) is 30.6 Å². The van der Waals surface area contributed by atoms with E-state index >= 15 is 0 Å². The van der Waals surface area contributed by atoms with Crippen molar-refractivity contribution in [1.82, 2.24) is 14.6 Å². The number of benzene rings is 1. The largest absolute Gasteiger partial charge is 0.478 e. The minimum Gasteiger partial charge on any atom is -0.478 e. The third-order valence-corrected chi connectivity index (χ3v) is 3.23. The van der Waals surface area contributed by atoms with Gasteiger partial charge in [0.05, 0.1) is 5.56 Å². The van der Waals surface area contributed by atoms with Gasteiger partial charge in [-0.15, -0.1) is 5.10 Å². The van der Waals surface area contributed by atoms with E-state index < -0.39 is 11.8 Å².